The van der Waals surface area contributed by atoms with Gasteiger partial charge in [0.2, 0.25) is 5.91 Å². The molecule has 1 aromatic heterocycles. The van der Waals surface area contributed by atoms with Crippen LogP contribution in [-0.4, -0.2) is 124 Å². The third-order valence-corrected chi connectivity index (χ3v) is 13.5. The lowest BCUT2D eigenvalue weighted by Gasteiger charge is -2.62. The van der Waals surface area contributed by atoms with Crippen LogP contribution in [0, 0.1) is 22.7 Å². The lowest BCUT2D eigenvalue weighted by atomic mass is 9.45. The molecule has 0 spiro atoms. The number of ketones is 1. The summed E-state index contributed by atoms with van der Waals surface area (Å²) in [6.07, 6.45) is 8.41. The highest BCUT2D eigenvalue weighted by molar-refractivity contribution is 6.07. The van der Waals surface area contributed by atoms with Crippen molar-refractivity contribution in [3.05, 3.63) is 59.7 Å². The van der Waals surface area contributed by atoms with Gasteiger partial charge in [0.05, 0.1) is 73.9 Å². The number of nitrogens with one attached hydrogen (secondary N) is 2. The van der Waals surface area contributed by atoms with Crippen LogP contribution in [0.15, 0.2) is 64.1 Å². The van der Waals surface area contributed by atoms with E-state index in [0.29, 0.717) is 75.7 Å². The Morgan fingerprint density at radius 2 is 1.95 bits per heavy atom. The number of aromatic nitrogens is 2. The molecular weight excluding hydrogens is 727 g/mol. The van der Waals surface area contributed by atoms with Crippen molar-refractivity contribution < 1.29 is 34.1 Å². The number of aliphatic imine (C=N–C) groups is 2. The number of Topliss-reactive ketones (excluding diaryl/α,β-unsaturated/α-hetero) is 1. The molecule has 3 fully saturated rings. The topological polar surface area (TPSA) is 180 Å². The van der Waals surface area contributed by atoms with Crippen LogP contribution in [0.5, 0.6) is 0 Å². The van der Waals surface area contributed by atoms with Gasteiger partial charge in [-0.3, -0.25) is 19.9 Å². The summed E-state index contributed by atoms with van der Waals surface area (Å²) in [7, 11) is 1.93. The number of morpholine rings is 1. The number of nitrogens with zero attached hydrogens (tertiary/aromatic N) is 5. The normalized spacial score (nSPS) is 31.2. The molecule has 2 saturated carbocycles. The Hall–Kier alpha value is -4.34. The SMILES string of the molecule is C=C1C(NC(C)C(=O)N2CCOCC2)CC2[C@](C)(CC[C@@H](O)[C@@]2(C)CO)C1CC(NC(C)C(=O)CC1=NCC=N1)C1=C/C(=C\c2ccc3c(c2)ncn3C)OC1=O. The van der Waals surface area contributed by atoms with Gasteiger partial charge in [0, 0.05) is 43.9 Å². The molecule has 57 heavy (non-hydrogen) atoms. The van der Waals surface area contributed by atoms with E-state index in [2.05, 4.69) is 32.5 Å². The molecule has 6 unspecified atom stereocenters. The van der Waals surface area contributed by atoms with Crippen molar-refractivity contribution in [1.29, 1.82) is 0 Å². The van der Waals surface area contributed by atoms with Crippen LogP contribution in [0.3, 0.4) is 0 Å². The molecule has 9 atom stereocenters. The highest BCUT2D eigenvalue weighted by Crippen LogP contribution is 2.62. The van der Waals surface area contributed by atoms with E-state index < -0.39 is 41.0 Å². The Balaban J connectivity index is 1.23. The maximum atomic E-state index is 13.9. The lowest BCUT2D eigenvalue weighted by molar-refractivity contribution is -0.157. The van der Waals surface area contributed by atoms with E-state index in [-0.39, 0.29) is 42.6 Å². The van der Waals surface area contributed by atoms with Gasteiger partial charge in [-0.05, 0) is 86.6 Å². The number of hydrogen-bond donors (Lipinski definition) is 4. The number of esters is 1. The lowest BCUT2D eigenvalue weighted by Crippen LogP contribution is -2.63. The number of carbonyl (C=O) groups excluding carboxylic acids is 3. The van der Waals surface area contributed by atoms with Crippen LogP contribution in [0.4, 0.5) is 0 Å². The summed E-state index contributed by atoms with van der Waals surface area (Å²) in [5, 5.41) is 29.5. The first-order valence-corrected chi connectivity index (χ1v) is 20.2. The maximum Gasteiger partial charge on any atom is 0.341 e. The number of hydrogen-bond acceptors (Lipinski definition) is 12. The fraction of sp³-hybridized carbons (Fsp3) is 0.581. The minimum absolute atomic E-state index is 0.0203. The van der Waals surface area contributed by atoms with Crippen molar-refractivity contribution in [2.24, 2.45) is 39.7 Å². The van der Waals surface area contributed by atoms with Crippen LogP contribution in [0.25, 0.3) is 17.1 Å². The number of fused-ring (bicyclic) bond motifs is 2. The Morgan fingerprint density at radius 3 is 2.67 bits per heavy atom. The summed E-state index contributed by atoms with van der Waals surface area (Å²) in [5.74, 6) is -0.210. The Morgan fingerprint density at radius 1 is 1.18 bits per heavy atom. The second-order valence-corrected chi connectivity index (χ2v) is 17.0. The zero-order chi connectivity index (χ0) is 40.6. The summed E-state index contributed by atoms with van der Waals surface area (Å²) < 4.78 is 13.3. The second-order valence-electron chi connectivity index (χ2n) is 17.0. The summed E-state index contributed by atoms with van der Waals surface area (Å²) in [6, 6.07) is 3.69. The molecule has 3 aliphatic heterocycles. The van der Waals surface area contributed by atoms with E-state index in [9.17, 15) is 24.6 Å². The molecule has 1 amide bonds. The standard InChI is InChI=1S/C43H57N7O7/c1-25-31(42(4)10-9-38(53)43(5,23-51)37(42)21-32(25)48-27(3)40(54)50-13-15-56-16-14-50)20-33(47-26(2)36(52)22-39-44-11-12-45-39)30-19-29(57-41(30)55)17-28-7-8-35-34(18-28)46-24-49(35)6/h7-8,11,17-19,24,26-27,31-33,37-38,47-48,51,53H,1,9-10,12-16,20-23H2,2-6H3/b29-17+/t26?,27?,31?,32?,33?,37?,38-,42-,43+/m1/s1. The molecule has 0 radical (unpaired) electrons. The number of ether oxygens (including phenoxy) is 2. The Bertz CT molecular complexity index is 2030. The van der Waals surface area contributed by atoms with Crippen molar-refractivity contribution >= 4 is 46.8 Å². The molecule has 2 aliphatic carbocycles. The van der Waals surface area contributed by atoms with Crippen molar-refractivity contribution in [1.82, 2.24) is 25.1 Å². The monoisotopic (exact) mass is 783 g/mol. The predicted molar refractivity (Wildman–Crippen MR) is 217 cm³/mol. The highest BCUT2D eigenvalue weighted by Gasteiger charge is 2.60. The quantitative estimate of drug-likeness (QED) is 0.174. The predicted octanol–water partition coefficient (Wildman–Crippen LogP) is 3.13. The second kappa shape index (κ2) is 16.5. The number of amidine groups is 1. The average Bonchev–Trinajstić information content (AvgIpc) is 3.95. The van der Waals surface area contributed by atoms with Crippen LogP contribution in [0.1, 0.15) is 65.4 Å². The number of aliphatic hydroxyl groups excluding tert-OH is 2. The molecule has 2 aromatic rings. The molecule has 4 N–H and O–H groups in total. The summed E-state index contributed by atoms with van der Waals surface area (Å²) in [4.78, 5) is 56.0. The van der Waals surface area contributed by atoms with Gasteiger partial charge >= 0.3 is 5.97 Å². The number of aryl methyl sites for hydroxylation is 1. The first-order chi connectivity index (χ1) is 27.2. The highest BCUT2D eigenvalue weighted by atomic mass is 16.5. The zero-order valence-electron chi connectivity index (χ0n) is 33.7. The van der Waals surface area contributed by atoms with E-state index in [1.165, 1.54) is 0 Å². The van der Waals surface area contributed by atoms with Gasteiger partial charge in [0.25, 0.3) is 0 Å². The number of benzene rings is 1. The Kier molecular flexibility index (Phi) is 11.8. The largest absolute Gasteiger partial charge is 0.423 e. The molecule has 5 aliphatic rings. The van der Waals surface area contributed by atoms with Gasteiger partial charge in [0.15, 0.2) is 5.78 Å². The number of rotatable bonds is 13. The van der Waals surface area contributed by atoms with Gasteiger partial charge in [-0.15, -0.1) is 0 Å². The molecule has 0 bridgehead atoms. The van der Waals surface area contributed by atoms with Crippen LogP contribution in [0.2, 0.25) is 0 Å². The van der Waals surface area contributed by atoms with E-state index >= 15 is 0 Å². The van der Waals surface area contributed by atoms with E-state index in [0.717, 1.165) is 22.2 Å². The van der Waals surface area contributed by atoms with Crippen molar-refractivity contribution in [2.45, 2.75) is 90.1 Å². The smallest absolute Gasteiger partial charge is 0.341 e. The van der Waals surface area contributed by atoms with Crippen LogP contribution < -0.4 is 10.6 Å². The number of imidazole rings is 1. The fourth-order valence-corrected chi connectivity index (χ4v) is 9.98. The van der Waals surface area contributed by atoms with Gasteiger partial charge in [-0.1, -0.05) is 32.1 Å². The third kappa shape index (κ3) is 8.07. The number of aliphatic hydroxyl groups is 2. The Labute approximate surface area is 334 Å². The summed E-state index contributed by atoms with van der Waals surface area (Å²) in [5.41, 5.74) is 2.61. The maximum absolute atomic E-state index is 13.9. The molecule has 7 rings (SSSR count). The van der Waals surface area contributed by atoms with E-state index in [1.807, 2.05) is 48.6 Å². The fourth-order valence-electron chi connectivity index (χ4n) is 9.98. The van der Waals surface area contributed by atoms with Crippen molar-refractivity contribution in [3.8, 4) is 0 Å². The molecule has 4 heterocycles. The minimum atomic E-state index is -0.825. The van der Waals surface area contributed by atoms with Crippen molar-refractivity contribution in [2.75, 3.05) is 39.5 Å². The summed E-state index contributed by atoms with van der Waals surface area (Å²) >= 11 is 0. The molecule has 14 nitrogen and oxygen atoms in total. The van der Waals surface area contributed by atoms with E-state index in [4.69, 9.17) is 16.1 Å². The van der Waals surface area contributed by atoms with Crippen LogP contribution >= 0.6 is 0 Å². The number of amides is 1. The van der Waals surface area contributed by atoms with Gasteiger partial charge in [0.1, 0.15) is 11.6 Å². The molecule has 1 saturated heterocycles. The van der Waals surface area contributed by atoms with Gasteiger partial charge < -0.3 is 34.5 Å². The summed E-state index contributed by atoms with van der Waals surface area (Å²) in [6.45, 7) is 14.8. The molecule has 14 heteroatoms. The first kappa shape index (κ1) is 40.8. The first-order valence-electron chi connectivity index (χ1n) is 20.2. The molecule has 306 valence electrons. The molecular formula is C43H57N7O7. The number of carbonyl (C=O) groups is 3. The number of allylic oxidation sites excluding steroid dienone is 1. The van der Waals surface area contributed by atoms with Gasteiger partial charge in [-0.2, -0.15) is 0 Å². The zero-order valence-corrected chi connectivity index (χ0v) is 33.7. The van der Waals surface area contributed by atoms with Crippen molar-refractivity contribution in [3.63, 3.8) is 0 Å². The third-order valence-electron chi connectivity index (χ3n) is 13.5. The average molecular weight is 784 g/mol. The van der Waals surface area contributed by atoms with Crippen LogP contribution in [-0.2, 0) is 30.9 Å². The number of cyclic esters (lactones) is 1. The van der Waals surface area contributed by atoms with E-state index in [1.54, 1.807) is 31.6 Å². The minimum Gasteiger partial charge on any atom is -0.423 e. The molecule has 1 aromatic carbocycles. The van der Waals surface area contributed by atoms with Gasteiger partial charge in [-0.25, -0.2) is 14.8 Å².